The largest absolute Gasteiger partial charge is 0.484 e. The number of ether oxygens (including phenoxy) is 1. The molecular formula is C18H25ClFN3O3. The molecule has 1 aliphatic heterocycles. The first-order chi connectivity index (χ1) is 12.0. The second kappa shape index (κ2) is 8.68. The van der Waals surface area contributed by atoms with Crippen LogP contribution in [0.4, 0.5) is 4.39 Å². The summed E-state index contributed by atoms with van der Waals surface area (Å²) in [5.74, 6) is -0.0197. The molecule has 2 amide bonds. The summed E-state index contributed by atoms with van der Waals surface area (Å²) < 4.78 is 18.2. The number of nitrogens with two attached hydrogens (primary N) is 1. The van der Waals surface area contributed by atoms with Crippen molar-refractivity contribution in [1.29, 1.82) is 0 Å². The van der Waals surface area contributed by atoms with Crippen LogP contribution < -0.4 is 10.5 Å². The van der Waals surface area contributed by atoms with Crippen molar-refractivity contribution in [2.75, 3.05) is 32.8 Å². The molecule has 0 unspecified atom stereocenters. The highest BCUT2D eigenvalue weighted by Crippen LogP contribution is 2.29. The lowest BCUT2D eigenvalue weighted by Gasteiger charge is -2.38. The van der Waals surface area contributed by atoms with Crippen molar-refractivity contribution >= 4 is 24.2 Å². The van der Waals surface area contributed by atoms with Gasteiger partial charge in [0.1, 0.15) is 11.6 Å². The molecule has 1 saturated heterocycles. The van der Waals surface area contributed by atoms with Crippen molar-refractivity contribution in [1.82, 2.24) is 9.80 Å². The Morgan fingerprint density at radius 1 is 1.04 bits per heavy atom. The van der Waals surface area contributed by atoms with E-state index in [4.69, 9.17) is 10.5 Å². The summed E-state index contributed by atoms with van der Waals surface area (Å²) in [6.07, 6.45) is 3.50. The third kappa shape index (κ3) is 4.65. The van der Waals surface area contributed by atoms with E-state index in [0.717, 1.165) is 25.7 Å². The highest BCUT2D eigenvalue weighted by atomic mass is 35.5. The summed E-state index contributed by atoms with van der Waals surface area (Å²) in [4.78, 5) is 28.3. The van der Waals surface area contributed by atoms with Crippen LogP contribution in [0.2, 0.25) is 0 Å². The van der Waals surface area contributed by atoms with Crippen LogP contribution in [0.25, 0.3) is 0 Å². The predicted octanol–water partition coefficient (Wildman–Crippen LogP) is 1.57. The molecule has 1 aromatic carbocycles. The minimum absolute atomic E-state index is 0. The highest BCUT2D eigenvalue weighted by molar-refractivity contribution is 5.87. The third-order valence-electron chi connectivity index (χ3n) is 5.02. The number of halogens is 2. The Kier molecular flexibility index (Phi) is 6.83. The van der Waals surface area contributed by atoms with Crippen LogP contribution in [0.15, 0.2) is 24.3 Å². The van der Waals surface area contributed by atoms with E-state index >= 15 is 0 Å². The Bertz CT molecular complexity index is 627. The predicted molar refractivity (Wildman–Crippen MR) is 97.7 cm³/mol. The number of carbonyl (C=O) groups excluding carboxylic acids is 2. The minimum atomic E-state index is -0.710. The molecule has 2 N–H and O–H groups in total. The van der Waals surface area contributed by atoms with E-state index in [1.165, 1.54) is 24.3 Å². The first-order valence-corrected chi connectivity index (χ1v) is 8.72. The zero-order valence-electron chi connectivity index (χ0n) is 14.7. The number of amides is 2. The van der Waals surface area contributed by atoms with E-state index < -0.39 is 5.54 Å². The molecule has 26 heavy (non-hydrogen) atoms. The number of hydrogen-bond donors (Lipinski definition) is 1. The van der Waals surface area contributed by atoms with Gasteiger partial charge in [-0.25, -0.2) is 4.39 Å². The summed E-state index contributed by atoms with van der Waals surface area (Å²) in [7, 11) is 0. The Morgan fingerprint density at radius 2 is 1.58 bits per heavy atom. The molecule has 144 valence electrons. The molecule has 1 heterocycles. The lowest BCUT2D eigenvalue weighted by Crippen LogP contribution is -2.59. The highest BCUT2D eigenvalue weighted by Gasteiger charge is 2.40. The quantitative estimate of drug-likeness (QED) is 0.853. The maximum atomic E-state index is 12.8. The molecule has 0 spiro atoms. The molecule has 1 saturated carbocycles. The van der Waals surface area contributed by atoms with Crippen LogP contribution in [0, 0.1) is 5.82 Å². The van der Waals surface area contributed by atoms with Crippen molar-refractivity contribution < 1.29 is 18.7 Å². The van der Waals surface area contributed by atoms with Gasteiger partial charge in [0.15, 0.2) is 6.61 Å². The van der Waals surface area contributed by atoms with Crippen LogP contribution in [0.5, 0.6) is 5.75 Å². The van der Waals surface area contributed by atoms with Gasteiger partial charge in [-0.15, -0.1) is 12.4 Å². The van der Waals surface area contributed by atoms with Gasteiger partial charge in [-0.05, 0) is 37.1 Å². The normalized spacial score (nSPS) is 19.0. The van der Waals surface area contributed by atoms with Crippen LogP contribution in [-0.2, 0) is 9.59 Å². The average Bonchev–Trinajstić information content (AvgIpc) is 3.08. The number of nitrogens with zero attached hydrogens (tertiary/aromatic N) is 2. The first kappa shape index (κ1) is 20.5. The van der Waals surface area contributed by atoms with Gasteiger partial charge in [0.2, 0.25) is 5.91 Å². The Morgan fingerprint density at radius 3 is 2.15 bits per heavy atom. The van der Waals surface area contributed by atoms with Crippen molar-refractivity contribution in [3.05, 3.63) is 30.1 Å². The first-order valence-electron chi connectivity index (χ1n) is 8.72. The molecule has 1 aromatic rings. The van der Waals surface area contributed by atoms with Crippen LogP contribution in [0.3, 0.4) is 0 Å². The summed E-state index contributed by atoms with van der Waals surface area (Å²) >= 11 is 0. The molecule has 2 aliphatic rings. The molecule has 6 nitrogen and oxygen atoms in total. The molecule has 0 bridgehead atoms. The smallest absolute Gasteiger partial charge is 0.260 e. The standard InChI is InChI=1S/C18H24FN3O3.ClH/c19-14-3-5-15(6-4-14)25-13-16(23)21-9-11-22(12-10-21)17(24)18(20)7-1-2-8-18;/h3-6H,1-2,7-13,20H2;1H. The van der Waals surface area contributed by atoms with Gasteiger partial charge in [-0.2, -0.15) is 0 Å². The summed E-state index contributed by atoms with van der Waals surface area (Å²) in [5, 5.41) is 0. The topological polar surface area (TPSA) is 75.9 Å². The van der Waals surface area contributed by atoms with E-state index in [1.54, 1.807) is 9.80 Å². The van der Waals surface area contributed by atoms with Crippen LogP contribution in [0.1, 0.15) is 25.7 Å². The Balaban J connectivity index is 0.00000243. The summed E-state index contributed by atoms with van der Waals surface area (Å²) in [6.45, 7) is 1.86. The fraction of sp³-hybridized carbons (Fsp3) is 0.556. The molecular weight excluding hydrogens is 361 g/mol. The molecule has 0 aromatic heterocycles. The van der Waals surface area contributed by atoms with Gasteiger partial charge < -0.3 is 20.3 Å². The van der Waals surface area contributed by atoms with E-state index in [0.29, 0.717) is 31.9 Å². The van der Waals surface area contributed by atoms with E-state index in [-0.39, 0.29) is 36.6 Å². The second-order valence-electron chi connectivity index (χ2n) is 6.78. The van der Waals surface area contributed by atoms with Gasteiger partial charge >= 0.3 is 0 Å². The van der Waals surface area contributed by atoms with E-state index in [1.807, 2.05) is 0 Å². The zero-order valence-corrected chi connectivity index (χ0v) is 15.5. The lowest BCUT2D eigenvalue weighted by molar-refractivity contribution is -0.143. The van der Waals surface area contributed by atoms with Gasteiger partial charge in [-0.1, -0.05) is 12.8 Å². The number of rotatable bonds is 4. The van der Waals surface area contributed by atoms with E-state index in [2.05, 4.69) is 0 Å². The number of hydrogen-bond acceptors (Lipinski definition) is 4. The fourth-order valence-corrected chi connectivity index (χ4v) is 3.46. The van der Waals surface area contributed by atoms with Gasteiger partial charge in [0, 0.05) is 26.2 Å². The maximum Gasteiger partial charge on any atom is 0.260 e. The monoisotopic (exact) mass is 385 g/mol. The lowest BCUT2D eigenvalue weighted by atomic mass is 9.97. The fourth-order valence-electron chi connectivity index (χ4n) is 3.46. The molecule has 8 heteroatoms. The molecule has 2 fully saturated rings. The van der Waals surface area contributed by atoms with Crippen molar-refractivity contribution in [2.24, 2.45) is 5.73 Å². The number of benzene rings is 1. The average molecular weight is 386 g/mol. The van der Waals surface area contributed by atoms with Crippen molar-refractivity contribution in [2.45, 2.75) is 31.2 Å². The van der Waals surface area contributed by atoms with Crippen LogP contribution in [-0.4, -0.2) is 59.9 Å². The van der Waals surface area contributed by atoms with Crippen LogP contribution >= 0.6 is 12.4 Å². The Labute approximate surface area is 158 Å². The maximum absolute atomic E-state index is 12.8. The van der Waals surface area contributed by atoms with Gasteiger partial charge in [0.05, 0.1) is 5.54 Å². The van der Waals surface area contributed by atoms with Crippen molar-refractivity contribution in [3.8, 4) is 5.75 Å². The molecule has 0 atom stereocenters. The second-order valence-corrected chi connectivity index (χ2v) is 6.78. The third-order valence-corrected chi connectivity index (χ3v) is 5.02. The van der Waals surface area contributed by atoms with E-state index in [9.17, 15) is 14.0 Å². The number of piperazine rings is 1. The molecule has 1 aliphatic carbocycles. The summed E-state index contributed by atoms with van der Waals surface area (Å²) in [6, 6.07) is 5.55. The Hall–Kier alpha value is -1.86. The molecule has 3 rings (SSSR count). The number of carbonyl (C=O) groups is 2. The van der Waals surface area contributed by atoms with Gasteiger partial charge in [-0.3, -0.25) is 9.59 Å². The van der Waals surface area contributed by atoms with Crippen molar-refractivity contribution in [3.63, 3.8) is 0 Å². The minimum Gasteiger partial charge on any atom is -0.484 e. The SMILES string of the molecule is Cl.NC1(C(=O)N2CCN(C(=O)COc3ccc(F)cc3)CC2)CCCC1. The molecule has 0 radical (unpaired) electrons. The zero-order chi connectivity index (χ0) is 17.9. The summed E-state index contributed by atoms with van der Waals surface area (Å²) in [5.41, 5.74) is 5.52. The van der Waals surface area contributed by atoms with Gasteiger partial charge in [0.25, 0.3) is 5.91 Å².